The first kappa shape index (κ1) is 22.0. The molecule has 0 unspecified atom stereocenters. The molecule has 0 spiro atoms. The summed E-state index contributed by atoms with van der Waals surface area (Å²) < 4.78 is 21.9. The number of methoxy groups -OCH3 is 3. The summed E-state index contributed by atoms with van der Waals surface area (Å²) in [6.07, 6.45) is 0. The third-order valence-corrected chi connectivity index (χ3v) is 4.62. The maximum absolute atomic E-state index is 12.6. The largest absolute Gasteiger partial charge is 0.497 e. The summed E-state index contributed by atoms with van der Waals surface area (Å²) in [5.74, 6) is 2.53. The molecule has 31 heavy (non-hydrogen) atoms. The number of aromatic nitrogens is 1. The van der Waals surface area contributed by atoms with Gasteiger partial charge in [-0.25, -0.2) is 4.98 Å². The van der Waals surface area contributed by atoms with Crippen LogP contribution in [0.5, 0.6) is 28.9 Å². The summed E-state index contributed by atoms with van der Waals surface area (Å²) in [6, 6.07) is 15.8. The Morgan fingerprint density at radius 2 is 1.55 bits per heavy atom. The van der Waals surface area contributed by atoms with Gasteiger partial charge < -0.3 is 23.8 Å². The van der Waals surface area contributed by atoms with Crippen LogP contribution in [0.25, 0.3) is 0 Å². The zero-order chi connectivity index (χ0) is 22.4. The summed E-state index contributed by atoms with van der Waals surface area (Å²) in [5.41, 5.74) is 1.52. The van der Waals surface area contributed by atoms with Gasteiger partial charge in [0.25, 0.3) is 0 Å². The maximum Gasteiger partial charge on any atom is 0.242 e. The van der Waals surface area contributed by atoms with E-state index in [9.17, 15) is 4.79 Å². The van der Waals surface area contributed by atoms with Crippen LogP contribution in [-0.4, -0.2) is 40.1 Å². The lowest BCUT2D eigenvalue weighted by Gasteiger charge is -2.24. The second-order valence-electron chi connectivity index (χ2n) is 6.62. The molecule has 1 aromatic heterocycles. The van der Waals surface area contributed by atoms with Gasteiger partial charge in [0, 0.05) is 12.5 Å². The fraction of sp³-hybridized carbons (Fsp3) is 0.217. The van der Waals surface area contributed by atoms with Gasteiger partial charge in [-0.05, 0) is 60.2 Å². The number of ether oxygens (including phenoxy) is 4. The third-order valence-electron chi connectivity index (χ3n) is 4.62. The summed E-state index contributed by atoms with van der Waals surface area (Å²) in [5, 5.41) is 0. The van der Waals surface area contributed by atoms with E-state index in [0.29, 0.717) is 28.7 Å². The molecule has 0 aliphatic heterocycles. The predicted octanol–water partition coefficient (Wildman–Crippen LogP) is 3.25. The van der Waals surface area contributed by atoms with E-state index in [1.165, 1.54) is 6.92 Å². The molecule has 0 fully saturated rings. The van der Waals surface area contributed by atoms with Crippen molar-refractivity contribution in [2.45, 2.75) is 13.5 Å². The molecule has 0 saturated heterocycles. The molecule has 0 bridgehead atoms. The van der Waals surface area contributed by atoms with Gasteiger partial charge in [0.1, 0.15) is 36.5 Å². The molecule has 1 amide bonds. The molecule has 0 N–H and O–H groups in total. The van der Waals surface area contributed by atoms with E-state index in [1.54, 1.807) is 74.8 Å². The van der Waals surface area contributed by atoms with E-state index < -0.39 is 0 Å². The van der Waals surface area contributed by atoms with Gasteiger partial charge in [-0.1, -0.05) is 0 Å². The quantitative estimate of drug-likeness (QED) is 0.524. The van der Waals surface area contributed by atoms with Gasteiger partial charge in [-0.3, -0.25) is 4.79 Å². The van der Waals surface area contributed by atoms with E-state index >= 15 is 0 Å². The summed E-state index contributed by atoms with van der Waals surface area (Å²) >= 11 is 0. The number of anilines is 1. The second kappa shape index (κ2) is 9.89. The standard InChI is InChI=1S/C23H23BN2O5/c1-15(27)26(14-16-13-19(29-3)9-11-21(16)30-4)20-10-12-22(24)25-23(20)31-18-7-5-17(28-2)6-8-18/h5-13H,14H2,1-4H3. The molecular formula is C23H23BN2O5. The molecule has 0 aliphatic carbocycles. The molecule has 0 saturated carbocycles. The van der Waals surface area contributed by atoms with E-state index in [0.717, 1.165) is 5.56 Å². The SMILES string of the molecule is [B]c1ccc(N(Cc2cc(OC)ccc2OC)C(C)=O)c(Oc2ccc(OC)cc2)n1. The van der Waals surface area contributed by atoms with Crippen molar-refractivity contribution in [2.75, 3.05) is 26.2 Å². The fourth-order valence-electron chi connectivity index (χ4n) is 3.03. The zero-order valence-electron chi connectivity index (χ0n) is 17.9. The first-order valence-corrected chi connectivity index (χ1v) is 9.52. The molecule has 2 radical (unpaired) electrons. The van der Waals surface area contributed by atoms with Gasteiger partial charge in [0.05, 0.1) is 27.9 Å². The lowest BCUT2D eigenvalue weighted by Crippen LogP contribution is -2.29. The predicted molar refractivity (Wildman–Crippen MR) is 119 cm³/mol. The number of nitrogens with zero attached hydrogens (tertiary/aromatic N) is 2. The first-order valence-electron chi connectivity index (χ1n) is 9.52. The van der Waals surface area contributed by atoms with Crippen LogP contribution in [0.3, 0.4) is 0 Å². The molecule has 8 heteroatoms. The van der Waals surface area contributed by atoms with Crippen LogP contribution >= 0.6 is 0 Å². The van der Waals surface area contributed by atoms with Crippen LogP contribution < -0.4 is 29.4 Å². The normalized spacial score (nSPS) is 10.3. The summed E-state index contributed by atoms with van der Waals surface area (Å²) in [7, 11) is 10.6. The highest BCUT2D eigenvalue weighted by atomic mass is 16.5. The molecule has 3 rings (SSSR count). The molecule has 0 atom stereocenters. The molecule has 158 valence electrons. The Morgan fingerprint density at radius 1 is 0.903 bits per heavy atom. The van der Waals surface area contributed by atoms with Gasteiger partial charge in [0.2, 0.25) is 11.8 Å². The van der Waals surface area contributed by atoms with Gasteiger partial charge >= 0.3 is 0 Å². The van der Waals surface area contributed by atoms with Gasteiger partial charge in [0.15, 0.2) is 0 Å². The number of amides is 1. The van der Waals surface area contributed by atoms with Crippen LogP contribution in [0, 0.1) is 0 Å². The number of hydrogen-bond donors (Lipinski definition) is 0. The Kier molecular flexibility index (Phi) is 7.02. The second-order valence-corrected chi connectivity index (χ2v) is 6.62. The van der Waals surface area contributed by atoms with Crippen molar-refractivity contribution >= 4 is 25.0 Å². The van der Waals surface area contributed by atoms with Crippen LogP contribution in [0.15, 0.2) is 54.6 Å². The third kappa shape index (κ3) is 5.28. The maximum atomic E-state index is 12.6. The monoisotopic (exact) mass is 418 g/mol. The van der Waals surface area contributed by atoms with Crippen LogP contribution in [0.4, 0.5) is 5.69 Å². The van der Waals surface area contributed by atoms with Gasteiger partial charge in [-0.2, -0.15) is 0 Å². The van der Waals surface area contributed by atoms with E-state index in [1.807, 2.05) is 6.07 Å². The lowest BCUT2D eigenvalue weighted by atomic mass is 10.0. The number of rotatable bonds is 8. The molecular weight excluding hydrogens is 395 g/mol. The highest BCUT2D eigenvalue weighted by Gasteiger charge is 2.21. The lowest BCUT2D eigenvalue weighted by molar-refractivity contribution is -0.116. The fourth-order valence-corrected chi connectivity index (χ4v) is 3.03. The van der Waals surface area contributed by atoms with Crippen molar-refractivity contribution < 1.29 is 23.7 Å². The molecule has 7 nitrogen and oxygen atoms in total. The Balaban J connectivity index is 1.99. The summed E-state index contributed by atoms with van der Waals surface area (Å²) in [4.78, 5) is 18.4. The van der Waals surface area contributed by atoms with Crippen LogP contribution in [0.2, 0.25) is 0 Å². The molecule has 3 aromatic rings. The molecule has 2 aromatic carbocycles. The average molecular weight is 418 g/mol. The number of carbonyl (C=O) groups excluding carboxylic acids is 1. The Labute approximate surface area is 182 Å². The minimum atomic E-state index is -0.198. The Bertz CT molecular complexity index is 1060. The van der Waals surface area contributed by atoms with E-state index in [-0.39, 0.29) is 23.9 Å². The van der Waals surface area contributed by atoms with Crippen molar-refractivity contribution in [3.05, 3.63) is 60.2 Å². The van der Waals surface area contributed by atoms with Crippen molar-refractivity contribution in [2.24, 2.45) is 0 Å². The number of carbonyl (C=O) groups is 1. The van der Waals surface area contributed by atoms with Crippen molar-refractivity contribution in [1.82, 2.24) is 4.98 Å². The van der Waals surface area contributed by atoms with Crippen molar-refractivity contribution in [3.8, 4) is 28.9 Å². The minimum absolute atomic E-state index is 0.198. The highest BCUT2D eigenvalue weighted by molar-refractivity contribution is 6.30. The average Bonchev–Trinajstić information content (AvgIpc) is 2.78. The highest BCUT2D eigenvalue weighted by Crippen LogP contribution is 2.33. The van der Waals surface area contributed by atoms with Crippen molar-refractivity contribution in [3.63, 3.8) is 0 Å². The van der Waals surface area contributed by atoms with Gasteiger partial charge in [-0.15, -0.1) is 0 Å². The Hall–Kier alpha value is -3.68. The zero-order valence-corrected chi connectivity index (χ0v) is 17.9. The van der Waals surface area contributed by atoms with Crippen LogP contribution in [0.1, 0.15) is 12.5 Å². The smallest absolute Gasteiger partial charge is 0.242 e. The van der Waals surface area contributed by atoms with Crippen molar-refractivity contribution in [1.29, 1.82) is 0 Å². The Morgan fingerprint density at radius 3 is 2.16 bits per heavy atom. The molecule has 0 aliphatic rings. The molecule has 1 heterocycles. The number of hydrogen-bond acceptors (Lipinski definition) is 6. The number of benzene rings is 2. The topological polar surface area (TPSA) is 70.1 Å². The minimum Gasteiger partial charge on any atom is -0.497 e. The van der Waals surface area contributed by atoms with Crippen LogP contribution in [-0.2, 0) is 11.3 Å². The number of pyridine rings is 1. The first-order chi connectivity index (χ1) is 14.9. The summed E-state index contributed by atoms with van der Waals surface area (Å²) in [6.45, 7) is 1.69. The van der Waals surface area contributed by atoms with E-state index in [2.05, 4.69) is 4.98 Å². The van der Waals surface area contributed by atoms with E-state index in [4.69, 9.17) is 26.8 Å².